The van der Waals surface area contributed by atoms with Crippen LogP contribution in [0.3, 0.4) is 0 Å². The number of benzene rings is 2. The van der Waals surface area contributed by atoms with Crippen molar-refractivity contribution in [3.63, 3.8) is 0 Å². The van der Waals surface area contributed by atoms with E-state index in [1.54, 1.807) is 6.20 Å². The summed E-state index contributed by atoms with van der Waals surface area (Å²) in [5, 5.41) is 10.4. The topological polar surface area (TPSA) is 113 Å². The molecular formula is C36H43N5O5. The largest absolute Gasteiger partial charge is 0.444 e. The van der Waals surface area contributed by atoms with E-state index in [0.29, 0.717) is 31.9 Å². The number of nitrogens with zero attached hydrogens (tertiary/aromatic N) is 3. The zero-order chi connectivity index (χ0) is 32.4. The third-order valence-electron chi connectivity index (χ3n) is 7.27. The maximum atomic E-state index is 11.7. The van der Waals surface area contributed by atoms with Gasteiger partial charge in [0.1, 0.15) is 23.2 Å². The predicted molar refractivity (Wildman–Crippen MR) is 175 cm³/mol. The van der Waals surface area contributed by atoms with Crippen molar-refractivity contribution in [2.45, 2.75) is 78.0 Å². The maximum absolute atomic E-state index is 11.7. The molecule has 2 aromatic heterocycles. The van der Waals surface area contributed by atoms with Gasteiger partial charge in [-0.1, -0.05) is 29.1 Å². The Bertz CT molecular complexity index is 1600. The van der Waals surface area contributed by atoms with Crippen LogP contribution >= 0.6 is 0 Å². The molecule has 1 fully saturated rings. The van der Waals surface area contributed by atoms with Crippen LogP contribution in [0, 0.1) is 11.8 Å². The fourth-order valence-electron chi connectivity index (χ4n) is 4.98. The maximum Gasteiger partial charge on any atom is 0.407 e. The molecule has 1 amide bonds. The molecule has 10 heteroatoms. The van der Waals surface area contributed by atoms with Crippen LogP contribution in [0.4, 0.5) is 4.79 Å². The fourth-order valence-corrected chi connectivity index (χ4v) is 4.98. The summed E-state index contributed by atoms with van der Waals surface area (Å²) >= 11 is 0. The van der Waals surface area contributed by atoms with Gasteiger partial charge in [0.25, 0.3) is 0 Å². The third-order valence-corrected chi connectivity index (χ3v) is 7.27. The first kappa shape index (κ1) is 32.9. The number of amides is 1. The van der Waals surface area contributed by atoms with Crippen molar-refractivity contribution in [1.29, 1.82) is 0 Å². The molecule has 5 rings (SSSR count). The minimum atomic E-state index is -0.499. The SMILES string of the molecule is C[C@H](OC1CCCCO1)c1nccn1Cc1cc(-c2ccc(C#Cc3ccc(CNCCNC(=O)OC(C)(C)C)cc3)cc2)on1. The minimum absolute atomic E-state index is 0.179. The van der Waals surface area contributed by atoms with Crippen LogP contribution in [0.5, 0.6) is 0 Å². The Morgan fingerprint density at radius 3 is 2.50 bits per heavy atom. The van der Waals surface area contributed by atoms with Gasteiger partial charge in [0.2, 0.25) is 0 Å². The summed E-state index contributed by atoms with van der Waals surface area (Å²) in [7, 11) is 0. The Balaban J connectivity index is 1.08. The molecule has 1 saturated heterocycles. The number of nitrogens with one attached hydrogen (secondary N) is 2. The highest BCUT2D eigenvalue weighted by atomic mass is 16.7. The van der Waals surface area contributed by atoms with Gasteiger partial charge in [-0.05, 0) is 88.9 Å². The van der Waals surface area contributed by atoms with Gasteiger partial charge < -0.3 is 33.9 Å². The Labute approximate surface area is 270 Å². The molecular weight excluding hydrogens is 582 g/mol. The average molecular weight is 626 g/mol. The smallest absolute Gasteiger partial charge is 0.407 e. The third kappa shape index (κ3) is 10.0. The average Bonchev–Trinajstić information content (AvgIpc) is 3.71. The lowest BCUT2D eigenvalue weighted by molar-refractivity contribution is -0.188. The molecule has 0 aliphatic carbocycles. The number of alkyl carbamates (subject to hydrolysis) is 1. The van der Waals surface area contributed by atoms with Crippen molar-refractivity contribution in [2.75, 3.05) is 19.7 Å². The van der Waals surface area contributed by atoms with Crippen LogP contribution < -0.4 is 10.6 Å². The highest BCUT2D eigenvalue weighted by Gasteiger charge is 2.21. The molecule has 1 unspecified atom stereocenters. The molecule has 4 aromatic rings. The van der Waals surface area contributed by atoms with Crippen LogP contribution in [-0.4, -0.2) is 52.4 Å². The second-order valence-electron chi connectivity index (χ2n) is 12.3. The fraction of sp³-hybridized carbons (Fsp3) is 0.417. The van der Waals surface area contributed by atoms with E-state index in [0.717, 1.165) is 59.6 Å². The zero-order valence-electron chi connectivity index (χ0n) is 27.0. The Kier molecular flexibility index (Phi) is 11.3. The summed E-state index contributed by atoms with van der Waals surface area (Å²) in [6, 6.07) is 18.0. The number of hydrogen-bond donors (Lipinski definition) is 2. The van der Waals surface area contributed by atoms with E-state index in [1.807, 2.05) is 80.9 Å². The van der Waals surface area contributed by atoms with Crippen molar-refractivity contribution < 1.29 is 23.5 Å². The van der Waals surface area contributed by atoms with Gasteiger partial charge in [-0.2, -0.15) is 0 Å². The summed E-state index contributed by atoms with van der Waals surface area (Å²) in [5.41, 5.74) is 4.21. The van der Waals surface area contributed by atoms with E-state index in [4.69, 9.17) is 18.7 Å². The molecule has 0 saturated carbocycles. The Hall–Kier alpha value is -4.43. The summed E-state index contributed by atoms with van der Waals surface area (Å²) < 4.78 is 24.8. The molecule has 3 heterocycles. The van der Waals surface area contributed by atoms with E-state index in [2.05, 4.69) is 44.7 Å². The number of aromatic nitrogens is 3. The van der Waals surface area contributed by atoms with Crippen LogP contribution in [0.25, 0.3) is 11.3 Å². The Morgan fingerprint density at radius 2 is 1.80 bits per heavy atom. The monoisotopic (exact) mass is 625 g/mol. The molecule has 2 aromatic carbocycles. The van der Waals surface area contributed by atoms with Gasteiger partial charge in [-0.15, -0.1) is 0 Å². The van der Waals surface area contributed by atoms with Gasteiger partial charge >= 0.3 is 6.09 Å². The standard InChI is InChI=1S/C36H43N5O5/c1-26(44-33-7-5-6-22-43-33)34-38-20-21-41(34)25-31-23-32(46-40-31)30-16-14-28(15-17-30)9-8-27-10-12-29(13-11-27)24-37-18-19-39-35(42)45-36(2,3)4/h10-17,20-21,23,26,33,37H,5-7,18-19,22,24-25H2,1-4H3,(H,39,42)/t26-,33?/m0/s1. The molecule has 46 heavy (non-hydrogen) atoms. The van der Waals surface area contributed by atoms with Crippen LogP contribution in [0.1, 0.15) is 81.3 Å². The first-order chi connectivity index (χ1) is 22.2. The highest BCUT2D eigenvalue weighted by molar-refractivity contribution is 5.67. The lowest BCUT2D eigenvalue weighted by atomic mass is 10.1. The number of hydrogen-bond acceptors (Lipinski definition) is 8. The Morgan fingerprint density at radius 1 is 1.07 bits per heavy atom. The summed E-state index contributed by atoms with van der Waals surface area (Å²) in [5.74, 6) is 7.99. The quantitative estimate of drug-likeness (QED) is 0.150. The molecule has 1 aliphatic heterocycles. The number of rotatable bonds is 11. The molecule has 242 valence electrons. The van der Waals surface area contributed by atoms with Gasteiger partial charge in [-0.3, -0.25) is 0 Å². The second kappa shape index (κ2) is 15.7. The predicted octanol–water partition coefficient (Wildman–Crippen LogP) is 6.20. The molecule has 2 N–H and O–H groups in total. The van der Waals surface area contributed by atoms with E-state index in [9.17, 15) is 4.79 Å². The van der Waals surface area contributed by atoms with E-state index in [1.165, 1.54) is 0 Å². The highest BCUT2D eigenvalue weighted by Crippen LogP contribution is 2.25. The second-order valence-corrected chi connectivity index (χ2v) is 12.3. The van der Waals surface area contributed by atoms with E-state index >= 15 is 0 Å². The number of carbonyl (C=O) groups is 1. The lowest BCUT2D eigenvalue weighted by Crippen LogP contribution is -2.36. The molecule has 0 bridgehead atoms. The van der Waals surface area contributed by atoms with E-state index < -0.39 is 11.7 Å². The van der Waals surface area contributed by atoms with Gasteiger partial charge in [0.15, 0.2) is 12.1 Å². The normalized spacial score (nSPS) is 15.5. The number of carbonyl (C=O) groups excluding carboxylic acids is 1. The summed E-state index contributed by atoms with van der Waals surface area (Å²) in [6.45, 7) is 10.6. The summed E-state index contributed by atoms with van der Waals surface area (Å²) in [4.78, 5) is 16.2. The van der Waals surface area contributed by atoms with Crippen molar-refractivity contribution >= 4 is 6.09 Å². The lowest BCUT2D eigenvalue weighted by Gasteiger charge is -2.26. The zero-order valence-corrected chi connectivity index (χ0v) is 27.0. The summed E-state index contributed by atoms with van der Waals surface area (Å²) in [6.07, 6.45) is 6.04. The molecule has 10 nitrogen and oxygen atoms in total. The molecule has 2 atom stereocenters. The molecule has 1 aliphatic rings. The van der Waals surface area contributed by atoms with Crippen molar-refractivity contribution in [3.8, 4) is 23.2 Å². The van der Waals surface area contributed by atoms with Crippen molar-refractivity contribution in [3.05, 3.63) is 95.2 Å². The number of ether oxygens (including phenoxy) is 3. The first-order valence-corrected chi connectivity index (χ1v) is 15.8. The minimum Gasteiger partial charge on any atom is -0.444 e. The molecule has 0 radical (unpaired) electrons. The van der Waals surface area contributed by atoms with Crippen LogP contribution in [-0.2, 0) is 27.3 Å². The van der Waals surface area contributed by atoms with Crippen molar-refractivity contribution in [2.24, 2.45) is 0 Å². The van der Waals surface area contributed by atoms with Crippen LogP contribution in [0.15, 0.2) is 71.5 Å². The van der Waals surface area contributed by atoms with Crippen molar-refractivity contribution in [1.82, 2.24) is 25.3 Å². The van der Waals surface area contributed by atoms with E-state index in [-0.39, 0.29) is 12.4 Å². The van der Waals surface area contributed by atoms with Gasteiger partial charge in [0.05, 0.1) is 6.54 Å². The van der Waals surface area contributed by atoms with Gasteiger partial charge in [0, 0.05) is 61.4 Å². The first-order valence-electron chi connectivity index (χ1n) is 15.8. The van der Waals surface area contributed by atoms with Gasteiger partial charge in [-0.25, -0.2) is 9.78 Å². The molecule has 0 spiro atoms. The van der Waals surface area contributed by atoms with Crippen LogP contribution in [0.2, 0.25) is 0 Å². The number of imidazole rings is 1.